The maximum absolute atomic E-state index is 13.3. The SMILES string of the molecule is COCCN(Cc1nccs1)C(=O)c1cc2c(s1)C1(CCNCC1)OCC2.Cl. The molecule has 1 spiro atoms. The molecule has 0 atom stereocenters. The van der Waals surface area contributed by atoms with E-state index in [4.69, 9.17) is 9.47 Å². The van der Waals surface area contributed by atoms with E-state index in [0.29, 0.717) is 19.7 Å². The lowest BCUT2D eigenvalue weighted by Gasteiger charge is -2.40. The number of methoxy groups -OCH3 is 1. The lowest BCUT2D eigenvalue weighted by Crippen LogP contribution is -2.44. The molecular weight excluding hydrogens is 418 g/mol. The number of thiazole rings is 1. The first-order chi connectivity index (χ1) is 13.2. The number of nitrogens with zero attached hydrogens (tertiary/aromatic N) is 2. The van der Waals surface area contributed by atoms with Crippen molar-refractivity contribution in [2.24, 2.45) is 0 Å². The molecule has 1 amide bonds. The van der Waals surface area contributed by atoms with Gasteiger partial charge in [-0.05, 0) is 44.0 Å². The van der Waals surface area contributed by atoms with Gasteiger partial charge in [-0.15, -0.1) is 35.1 Å². The molecule has 1 saturated heterocycles. The second-order valence-electron chi connectivity index (χ2n) is 6.95. The van der Waals surface area contributed by atoms with Crippen molar-refractivity contribution in [1.82, 2.24) is 15.2 Å². The molecule has 0 aromatic carbocycles. The lowest BCUT2D eigenvalue weighted by molar-refractivity contribution is -0.0771. The van der Waals surface area contributed by atoms with Gasteiger partial charge in [-0.2, -0.15) is 0 Å². The van der Waals surface area contributed by atoms with Crippen LogP contribution in [0, 0.1) is 0 Å². The normalized spacial score (nSPS) is 17.8. The highest BCUT2D eigenvalue weighted by Crippen LogP contribution is 2.44. The first-order valence-electron chi connectivity index (χ1n) is 9.36. The number of halogens is 1. The third-order valence-corrected chi connectivity index (χ3v) is 7.37. The van der Waals surface area contributed by atoms with Gasteiger partial charge < -0.3 is 19.7 Å². The van der Waals surface area contributed by atoms with Gasteiger partial charge in [0.15, 0.2) is 0 Å². The number of ether oxygens (including phenoxy) is 2. The van der Waals surface area contributed by atoms with Gasteiger partial charge in [0.1, 0.15) is 10.6 Å². The Balaban J connectivity index is 0.00000225. The summed E-state index contributed by atoms with van der Waals surface area (Å²) in [5.41, 5.74) is 1.09. The molecule has 0 bridgehead atoms. The Hall–Kier alpha value is -1.03. The molecule has 4 heterocycles. The molecular formula is C19H26ClN3O3S2. The molecule has 0 radical (unpaired) electrons. The van der Waals surface area contributed by atoms with Gasteiger partial charge in [0.25, 0.3) is 5.91 Å². The van der Waals surface area contributed by atoms with Crippen LogP contribution < -0.4 is 5.32 Å². The predicted octanol–water partition coefficient (Wildman–Crippen LogP) is 3.07. The summed E-state index contributed by atoms with van der Waals surface area (Å²) in [4.78, 5) is 21.5. The highest BCUT2D eigenvalue weighted by Gasteiger charge is 2.41. The molecule has 2 aliphatic heterocycles. The van der Waals surface area contributed by atoms with Crippen molar-refractivity contribution in [3.63, 3.8) is 0 Å². The maximum Gasteiger partial charge on any atom is 0.264 e. The standard InChI is InChI=1S/C19H25N3O3S2.ClH/c1-24-10-8-22(13-16-21-7-11-26-16)18(23)15-12-14-2-9-25-19(17(14)27-15)3-5-20-6-4-19;/h7,11-12,20H,2-6,8-10,13H2,1H3;1H. The van der Waals surface area contributed by atoms with Crippen molar-refractivity contribution in [2.45, 2.75) is 31.4 Å². The molecule has 1 fully saturated rings. The van der Waals surface area contributed by atoms with Crippen LogP contribution in [0.4, 0.5) is 0 Å². The summed E-state index contributed by atoms with van der Waals surface area (Å²) in [7, 11) is 1.66. The van der Waals surface area contributed by atoms with Crippen LogP contribution in [0.5, 0.6) is 0 Å². The number of rotatable bonds is 6. The van der Waals surface area contributed by atoms with Crippen molar-refractivity contribution in [3.8, 4) is 0 Å². The van der Waals surface area contributed by atoms with Crippen LogP contribution >= 0.6 is 35.1 Å². The number of thiophene rings is 1. The highest BCUT2D eigenvalue weighted by molar-refractivity contribution is 7.14. The van der Waals surface area contributed by atoms with Crippen LogP contribution in [-0.2, 0) is 28.0 Å². The second kappa shape index (κ2) is 9.65. The van der Waals surface area contributed by atoms with E-state index in [1.165, 1.54) is 10.4 Å². The zero-order valence-electron chi connectivity index (χ0n) is 15.9. The minimum atomic E-state index is -0.200. The van der Waals surface area contributed by atoms with Crippen molar-refractivity contribution in [3.05, 3.63) is 38.0 Å². The van der Waals surface area contributed by atoms with E-state index in [9.17, 15) is 4.79 Å². The second-order valence-corrected chi connectivity index (χ2v) is 8.98. The Bertz CT molecular complexity index is 775. The molecule has 2 aliphatic rings. The van der Waals surface area contributed by atoms with Crippen molar-refractivity contribution < 1.29 is 14.3 Å². The average Bonchev–Trinajstić information content (AvgIpc) is 3.36. The van der Waals surface area contributed by atoms with E-state index in [-0.39, 0.29) is 23.9 Å². The van der Waals surface area contributed by atoms with Crippen LogP contribution in [0.25, 0.3) is 0 Å². The number of carbonyl (C=O) groups excluding carboxylic acids is 1. The van der Waals surface area contributed by atoms with Crippen LogP contribution in [0.3, 0.4) is 0 Å². The quantitative estimate of drug-likeness (QED) is 0.743. The summed E-state index contributed by atoms with van der Waals surface area (Å²) in [5.74, 6) is 0.0609. The summed E-state index contributed by atoms with van der Waals surface area (Å²) in [6.45, 7) is 4.26. The van der Waals surface area contributed by atoms with E-state index >= 15 is 0 Å². The Morgan fingerprint density at radius 3 is 2.96 bits per heavy atom. The average molecular weight is 444 g/mol. The Morgan fingerprint density at radius 1 is 1.43 bits per heavy atom. The summed E-state index contributed by atoms with van der Waals surface area (Å²) >= 11 is 3.19. The van der Waals surface area contributed by atoms with Gasteiger partial charge in [-0.25, -0.2) is 4.98 Å². The number of hydrogen-bond acceptors (Lipinski definition) is 7. The summed E-state index contributed by atoms with van der Waals surface area (Å²) in [6.07, 6.45) is 4.61. The Kier molecular flexibility index (Phi) is 7.47. The molecule has 28 heavy (non-hydrogen) atoms. The van der Waals surface area contributed by atoms with E-state index in [1.54, 1.807) is 36.0 Å². The predicted molar refractivity (Wildman–Crippen MR) is 114 cm³/mol. The van der Waals surface area contributed by atoms with Gasteiger partial charge in [-0.3, -0.25) is 4.79 Å². The maximum atomic E-state index is 13.3. The number of nitrogens with one attached hydrogen (secondary N) is 1. The number of aromatic nitrogens is 1. The minimum Gasteiger partial charge on any atom is -0.383 e. The van der Waals surface area contributed by atoms with E-state index in [2.05, 4.69) is 16.4 Å². The lowest BCUT2D eigenvalue weighted by atomic mass is 9.86. The van der Waals surface area contributed by atoms with Crippen LogP contribution in [-0.4, -0.2) is 55.7 Å². The number of hydrogen-bond donors (Lipinski definition) is 1. The fourth-order valence-electron chi connectivity index (χ4n) is 3.83. The van der Waals surface area contributed by atoms with E-state index in [0.717, 1.165) is 48.8 Å². The third kappa shape index (κ3) is 4.42. The zero-order chi connectivity index (χ0) is 18.7. The Morgan fingerprint density at radius 2 is 2.25 bits per heavy atom. The molecule has 9 heteroatoms. The molecule has 154 valence electrons. The third-order valence-electron chi connectivity index (χ3n) is 5.26. The number of fused-ring (bicyclic) bond motifs is 2. The van der Waals surface area contributed by atoms with Crippen molar-refractivity contribution in [2.75, 3.05) is 40.0 Å². The van der Waals surface area contributed by atoms with E-state index in [1.807, 2.05) is 10.3 Å². The summed E-state index contributed by atoms with van der Waals surface area (Å²) in [6, 6.07) is 2.09. The number of carbonyl (C=O) groups is 1. The topological polar surface area (TPSA) is 63.7 Å². The number of piperidine rings is 1. The first kappa shape index (κ1) is 21.7. The monoisotopic (exact) mass is 443 g/mol. The van der Waals surface area contributed by atoms with Crippen LogP contribution in [0.2, 0.25) is 0 Å². The molecule has 1 N–H and O–H groups in total. The smallest absolute Gasteiger partial charge is 0.264 e. The molecule has 0 aliphatic carbocycles. The Labute approximate surface area is 179 Å². The largest absolute Gasteiger partial charge is 0.383 e. The molecule has 2 aromatic rings. The van der Waals surface area contributed by atoms with Crippen molar-refractivity contribution in [1.29, 1.82) is 0 Å². The van der Waals surface area contributed by atoms with Crippen LogP contribution in [0.15, 0.2) is 17.6 Å². The highest BCUT2D eigenvalue weighted by atomic mass is 35.5. The fourth-order valence-corrected chi connectivity index (χ4v) is 5.84. The summed E-state index contributed by atoms with van der Waals surface area (Å²) < 4.78 is 11.5. The molecule has 4 rings (SSSR count). The zero-order valence-corrected chi connectivity index (χ0v) is 18.4. The van der Waals surface area contributed by atoms with Gasteiger partial charge in [0.2, 0.25) is 0 Å². The van der Waals surface area contributed by atoms with Crippen LogP contribution in [0.1, 0.15) is 38.0 Å². The molecule has 0 saturated carbocycles. The molecule has 2 aromatic heterocycles. The van der Waals surface area contributed by atoms with Gasteiger partial charge in [0.05, 0.1) is 24.6 Å². The van der Waals surface area contributed by atoms with Gasteiger partial charge >= 0.3 is 0 Å². The van der Waals surface area contributed by atoms with Crippen molar-refractivity contribution >= 4 is 41.0 Å². The number of amides is 1. The van der Waals surface area contributed by atoms with E-state index < -0.39 is 0 Å². The summed E-state index contributed by atoms with van der Waals surface area (Å²) in [5, 5.41) is 6.30. The van der Waals surface area contributed by atoms with Gasteiger partial charge in [0, 0.05) is 30.1 Å². The van der Waals surface area contributed by atoms with Gasteiger partial charge in [-0.1, -0.05) is 0 Å². The minimum absolute atomic E-state index is 0. The molecule has 6 nitrogen and oxygen atoms in total. The molecule has 0 unspecified atom stereocenters. The first-order valence-corrected chi connectivity index (χ1v) is 11.1. The fraction of sp³-hybridized carbons (Fsp3) is 0.579.